The normalized spacial score (nSPS) is 8.20. The van der Waals surface area contributed by atoms with E-state index < -0.39 is 7.88 Å². The molecule has 0 bridgehead atoms. The highest BCUT2D eigenvalue weighted by molar-refractivity contribution is 14.2. The molecule has 0 aromatic rings. The molecule has 0 atom stereocenters. The Bertz CT molecular complexity index is 89.6. The molecule has 0 amide bonds. The molecule has 0 unspecified atom stereocenters. The summed E-state index contributed by atoms with van der Waals surface area (Å²) in [5.41, 5.74) is 0. The largest absolute Gasteiger partial charge is 0.396 e. The molecular weight excluding hydrogens is 203 g/mol. The minimum absolute atomic E-state index is 1.28. The highest BCUT2D eigenvalue weighted by Gasteiger charge is 1.46. The van der Waals surface area contributed by atoms with Crippen molar-refractivity contribution in [1.29, 1.82) is 4.61 Å². The molecule has 0 rings (SSSR count). The van der Waals surface area contributed by atoms with Crippen LogP contribution in [0.1, 0.15) is 0 Å². The Kier molecular flexibility index (Phi) is 2.82. The maximum atomic E-state index is 9.01. The Hall–Kier alpha value is 0.390. The van der Waals surface area contributed by atoms with Crippen LogP contribution in [0, 0.1) is 9.52 Å². The molecule has 0 saturated carbocycles. The average molecular weight is 203 g/mol. The zero-order valence-electron chi connectivity index (χ0n) is 2.09. The first-order valence-corrected chi connectivity index (χ1v) is 4.38. The zero-order chi connectivity index (χ0) is 4.28. The Balaban J connectivity index is 3.36. The Morgan fingerprint density at radius 2 is 2.20 bits per heavy atom. The third kappa shape index (κ3) is 4.39. The van der Waals surface area contributed by atoms with Gasteiger partial charge in [-0.2, -0.15) is 26.1 Å². The van der Waals surface area contributed by atoms with Crippen LogP contribution in [0.3, 0.4) is 0 Å². The van der Waals surface area contributed by atoms with Gasteiger partial charge in [0.2, 0.25) is 0 Å². The summed E-state index contributed by atoms with van der Waals surface area (Å²) in [5.74, 6) is 0. The molecule has 5 heteroatoms. The highest BCUT2D eigenvalue weighted by atomic mass is 127. The standard InChI is InChI=1S/IN2OS/c1-5(2)3-4/q-1. The summed E-state index contributed by atoms with van der Waals surface area (Å²) in [6.07, 6.45) is 0. The molecule has 5 heavy (non-hydrogen) atoms. The van der Waals surface area contributed by atoms with Crippen molar-refractivity contribution in [3.8, 4) is 0 Å². The number of hydrogen-bond acceptors (Lipinski definition) is 4. The fourth-order valence-corrected chi connectivity index (χ4v) is 0. The van der Waals surface area contributed by atoms with E-state index in [0.29, 0.717) is 0 Å². The monoisotopic (exact) mass is 203 g/mol. The first kappa shape index (κ1) is 5.39. The van der Waals surface area contributed by atoms with Crippen molar-refractivity contribution in [2.75, 3.05) is 0 Å². The second-order valence-electron chi connectivity index (χ2n) is 0.294. The fourth-order valence-electron chi connectivity index (χ4n) is 0. The first-order valence-electron chi connectivity index (χ1n) is 0.702. The molecular formula is IN2OS-. The number of halogens is 1. The minimum Gasteiger partial charge on any atom is -0.396 e. The SMILES string of the molecule is N#[S-](I)N=O. The molecule has 0 aliphatic carbocycles. The first-order chi connectivity index (χ1) is 2.27. The van der Waals surface area contributed by atoms with Crippen LogP contribution < -0.4 is 0 Å². The van der Waals surface area contributed by atoms with E-state index in [0.717, 1.165) is 0 Å². The molecule has 0 radical (unpaired) electrons. The molecule has 0 spiro atoms. The lowest BCUT2D eigenvalue weighted by molar-refractivity contribution is 1.63. The van der Waals surface area contributed by atoms with E-state index in [1.807, 2.05) is 0 Å². The number of nitroso groups, excluding NO2 is 1. The van der Waals surface area contributed by atoms with Crippen molar-refractivity contribution < 1.29 is 0 Å². The van der Waals surface area contributed by atoms with Crippen LogP contribution in [-0.4, -0.2) is 0 Å². The third-order valence-electron chi connectivity index (χ3n) is 0.0615. The van der Waals surface area contributed by atoms with Gasteiger partial charge < -0.3 is 4.61 Å². The summed E-state index contributed by atoms with van der Waals surface area (Å²) in [5, 5.41) is 0. The predicted molar refractivity (Wildman–Crippen MR) is 28.9 cm³/mol. The van der Waals surface area contributed by atoms with Gasteiger partial charge in [-0.3, -0.25) is 0 Å². The van der Waals surface area contributed by atoms with E-state index in [4.69, 9.17) is 9.52 Å². The minimum atomic E-state index is -1.28. The van der Waals surface area contributed by atoms with E-state index in [9.17, 15) is 0 Å². The topological polar surface area (TPSA) is 53.2 Å². The van der Waals surface area contributed by atoms with Crippen LogP contribution in [0.25, 0.3) is 0 Å². The van der Waals surface area contributed by atoms with E-state index >= 15 is 0 Å². The average Bonchev–Trinajstić information content (AvgIpc) is 1.38. The molecule has 30 valence electrons. The Morgan fingerprint density at radius 3 is 2.20 bits per heavy atom. The van der Waals surface area contributed by atoms with Gasteiger partial charge in [-0.1, -0.05) is 0 Å². The summed E-state index contributed by atoms with van der Waals surface area (Å²) in [4.78, 5) is 9.01. The van der Waals surface area contributed by atoms with Crippen LogP contribution in [0.15, 0.2) is 4.58 Å². The second kappa shape index (κ2) is 2.62. The molecule has 0 aromatic carbocycles. The van der Waals surface area contributed by atoms with Crippen molar-refractivity contribution in [2.45, 2.75) is 0 Å². The molecule has 0 aliphatic heterocycles. The van der Waals surface area contributed by atoms with Gasteiger partial charge in [0, 0.05) is 0 Å². The lowest BCUT2D eigenvalue weighted by Gasteiger charge is -1.76. The second-order valence-corrected chi connectivity index (χ2v) is 3.25. The van der Waals surface area contributed by atoms with E-state index in [1.165, 1.54) is 21.2 Å². The zero-order valence-corrected chi connectivity index (χ0v) is 5.06. The maximum absolute atomic E-state index is 9.01. The van der Waals surface area contributed by atoms with Crippen molar-refractivity contribution in [3.63, 3.8) is 0 Å². The quantitative estimate of drug-likeness (QED) is 0.336. The van der Waals surface area contributed by atoms with Gasteiger partial charge in [0.05, 0.1) is 0 Å². The molecule has 0 heterocycles. The van der Waals surface area contributed by atoms with E-state index in [2.05, 4.69) is 4.58 Å². The number of nitrogens with zero attached hydrogens (tertiary/aromatic N) is 2. The van der Waals surface area contributed by atoms with Crippen molar-refractivity contribution in [1.82, 2.24) is 0 Å². The summed E-state index contributed by atoms with van der Waals surface area (Å²) < 4.78 is 10.1. The lowest BCUT2D eigenvalue weighted by atomic mass is 13.7. The van der Waals surface area contributed by atoms with E-state index in [1.54, 1.807) is 0 Å². The molecule has 0 aromatic heterocycles. The highest BCUT2D eigenvalue weighted by Crippen LogP contribution is 1.88. The van der Waals surface area contributed by atoms with E-state index in [-0.39, 0.29) is 0 Å². The Morgan fingerprint density at radius 1 is 2.00 bits per heavy atom. The Labute approximate surface area is 43.4 Å². The number of rotatable bonds is 0. The van der Waals surface area contributed by atoms with Crippen molar-refractivity contribution >= 4 is 29.1 Å². The third-order valence-corrected chi connectivity index (χ3v) is 0.667. The van der Waals surface area contributed by atoms with Crippen LogP contribution in [0.2, 0.25) is 0 Å². The van der Waals surface area contributed by atoms with Gasteiger partial charge in [-0.25, -0.2) is 0 Å². The molecule has 0 aliphatic rings. The smallest absolute Gasteiger partial charge is 0.105 e. The van der Waals surface area contributed by atoms with Gasteiger partial charge in [-0.05, 0) is 0 Å². The van der Waals surface area contributed by atoms with Gasteiger partial charge in [0.25, 0.3) is 0 Å². The van der Waals surface area contributed by atoms with Gasteiger partial charge >= 0.3 is 0 Å². The summed E-state index contributed by atoms with van der Waals surface area (Å²) in [7, 11) is -1.28. The van der Waals surface area contributed by atoms with Crippen LogP contribution in [0.4, 0.5) is 0 Å². The molecule has 0 fully saturated rings. The lowest BCUT2D eigenvalue weighted by Crippen LogP contribution is -1.44. The van der Waals surface area contributed by atoms with Crippen LogP contribution >= 0.6 is 21.2 Å². The fraction of sp³-hybridized carbons (Fsp3) is 0. The summed E-state index contributed by atoms with van der Waals surface area (Å²) in [6.45, 7) is 0. The molecule has 0 N–H and O–H groups in total. The molecule has 0 saturated heterocycles. The van der Waals surface area contributed by atoms with Crippen molar-refractivity contribution in [3.05, 3.63) is 4.91 Å². The van der Waals surface area contributed by atoms with Crippen LogP contribution in [0.5, 0.6) is 0 Å². The maximum Gasteiger partial charge on any atom is -0.105 e. The van der Waals surface area contributed by atoms with Gasteiger partial charge in [0.15, 0.2) is 0 Å². The summed E-state index contributed by atoms with van der Waals surface area (Å²) in [6, 6.07) is 0. The molecule has 3 nitrogen and oxygen atoms in total. The summed E-state index contributed by atoms with van der Waals surface area (Å²) >= 11 is 1.51. The van der Waals surface area contributed by atoms with Crippen LogP contribution in [-0.2, 0) is 7.88 Å². The van der Waals surface area contributed by atoms with Gasteiger partial charge in [-0.15, -0.1) is 12.5 Å². The number of hydrogen-bond donors (Lipinski definition) is 0. The van der Waals surface area contributed by atoms with Crippen molar-refractivity contribution in [2.24, 2.45) is 4.58 Å². The van der Waals surface area contributed by atoms with Gasteiger partial charge in [0.1, 0.15) is 0 Å². The predicted octanol–water partition coefficient (Wildman–Crippen LogP) is 1.12.